The number of hydrogen-bond acceptors (Lipinski definition) is 2. The Labute approximate surface area is 64.4 Å². The van der Waals surface area contributed by atoms with Crippen molar-refractivity contribution in [2.75, 3.05) is 0 Å². The lowest BCUT2D eigenvalue weighted by molar-refractivity contribution is 1.22. The van der Waals surface area contributed by atoms with Gasteiger partial charge in [-0.3, -0.25) is 0 Å². The van der Waals surface area contributed by atoms with Crippen LogP contribution in [-0.4, -0.2) is 11.2 Å². The molecule has 1 rings (SSSR count). The molecule has 0 aliphatic rings. The molecule has 0 aliphatic carbocycles. The van der Waals surface area contributed by atoms with Gasteiger partial charge < -0.3 is 5.41 Å². The first-order chi connectivity index (χ1) is 4.83. The normalized spacial score (nSPS) is 9.30. The summed E-state index contributed by atoms with van der Waals surface area (Å²) in [5, 5.41) is 7.30. The van der Waals surface area contributed by atoms with Gasteiger partial charge in [0.05, 0.1) is 0 Å². The molecule has 0 unspecified atom stereocenters. The molecular formula is C7H7ClN2. The van der Waals surface area contributed by atoms with Crippen LogP contribution in [0, 0.1) is 5.41 Å². The van der Waals surface area contributed by atoms with Crippen molar-refractivity contribution in [3.05, 3.63) is 29.0 Å². The van der Waals surface area contributed by atoms with Gasteiger partial charge in [0.15, 0.2) is 0 Å². The van der Waals surface area contributed by atoms with E-state index in [1.54, 1.807) is 12.3 Å². The Morgan fingerprint density at radius 1 is 1.60 bits per heavy atom. The lowest BCUT2D eigenvalue weighted by atomic mass is 10.2. The molecule has 0 atom stereocenters. The minimum Gasteiger partial charge on any atom is -0.313 e. The van der Waals surface area contributed by atoms with Gasteiger partial charge in [-0.05, 0) is 17.8 Å². The quantitative estimate of drug-likeness (QED) is 0.513. The second kappa shape index (κ2) is 3.32. The highest BCUT2D eigenvalue weighted by Crippen LogP contribution is 2.04. The summed E-state index contributed by atoms with van der Waals surface area (Å²) in [6, 6.07) is 3.58. The summed E-state index contributed by atoms with van der Waals surface area (Å²) in [6.45, 7) is 0. The standard InChI is InChI=1S/C7H7ClN2/c8-7-2-1-6(3-4-9)5-10-7/h1-2,4-5,9H,3H2. The Kier molecular flexibility index (Phi) is 2.40. The van der Waals surface area contributed by atoms with Crippen LogP contribution in [0.4, 0.5) is 0 Å². The van der Waals surface area contributed by atoms with Gasteiger partial charge in [0.1, 0.15) is 5.15 Å². The Morgan fingerprint density at radius 3 is 2.90 bits per heavy atom. The summed E-state index contributed by atoms with van der Waals surface area (Å²) >= 11 is 5.54. The molecule has 1 aromatic heterocycles. The van der Waals surface area contributed by atoms with Gasteiger partial charge in [-0.2, -0.15) is 0 Å². The van der Waals surface area contributed by atoms with Crippen LogP contribution in [0.15, 0.2) is 18.3 Å². The van der Waals surface area contributed by atoms with E-state index in [0.29, 0.717) is 11.6 Å². The average molecular weight is 155 g/mol. The van der Waals surface area contributed by atoms with Crippen LogP contribution in [0.5, 0.6) is 0 Å². The maximum atomic E-state index is 6.81. The van der Waals surface area contributed by atoms with Gasteiger partial charge in [0.2, 0.25) is 0 Å². The van der Waals surface area contributed by atoms with Crippen LogP contribution in [0.1, 0.15) is 5.56 Å². The van der Waals surface area contributed by atoms with E-state index < -0.39 is 0 Å². The van der Waals surface area contributed by atoms with Crippen molar-refractivity contribution in [1.82, 2.24) is 4.98 Å². The van der Waals surface area contributed by atoms with E-state index in [2.05, 4.69) is 4.98 Å². The zero-order valence-corrected chi connectivity index (χ0v) is 6.10. The van der Waals surface area contributed by atoms with Crippen molar-refractivity contribution >= 4 is 17.8 Å². The maximum absolute atomic E-state index is 6.81. The van der Waals surface area contributed by atoms with Gasteiger partial charge in [-0.15, -0.1) is 0 Å². The zero-order valence-electron chi connectivity index (χ0n) is 5.34. The van der Waals surface area contributed by atoms with E-state index in [9.17, 15) is 0 Å². The molecule has 2 nitrogen and oxygen atoms in total. The fourth-order valence-corrected chi connectivity index (χ4v) is 0.757. The Hall–Kier alpha value is -0.890. The molecule has 0 spiro atoms. The average Bonchev–Trinajstić information content (AvgIpc) is 1.95. The summed E-state index contributed by atoms with van der Waals surface area (Å²) in [4.78, 5) is 3.86. The van der Waals surface area contributed by atoms with E-state index in [1.807, 2.05) is 6.07 Å². The number of halogens is 1. The van der Waals surface area contributed by atoms with Gasteiger partial charge in [0, 0.05) is 12.6 Å². The van der Waals surface area contributed by atoms with Crippen molar-refractivity contribution in [2.24, 2.45) is 0 Å². The SMILES string of the molecule is N=CCc1ccc(Cl)nc1. The molecule has 0 amide bonds. The molecule has 1 heterocycles. The van der Waals surface area contributed by atoms with E-state index in [4.69, 9.17) is 17.0 Å². The predicted octanol–water partition coefficient (Wildman–Crippen LogP) is 1.93. The predicted molar refractivity (Wildman–Crippen MR) is 41.7 cm³/mol. The highest BCUT2D eigenvalue weighted by atomic mass is 35.5. The first-order valence-corrected chi connectivity index (χ1v) is 3.30. The largest absolute Gasteiger partial charge is 0.313 e. The van der Waals surface area contributed by atoms with Crippen molar-refractivity contribution < 1.29 is 0 Å². The molecule has 0 bridgehead atoms. The Morgan fingerprint density at radius 2 is 2.40 bits per heavy atom. The van der Waals surface area contributed by atoms with Gasteiger partial charge in [-0.25, -0.2) is 4.98 Å². The van der Waals surface area contributed by atoms with Gasteiger partial charge in [0.25, 0.3) is 0 Å². The monoisotopic (exact) mass is 154 g/mol. The Balaban J connectivity index is 2.78. The molecule has 0 aliphatic heterocycles. The summed E-state index contributed by atoms with van der Waals surface area (Å²) in [7, 11) is 0. The topological polar surface area (TPSA) is 36.7 Å². The van der Waals surface area contributed by atoms with E-state index >= 15 is 0 Å². The summed E-state index contributed by atoms with van der Waals surface area (Å²) in [5.74, 6) is 0. The van der Waals surface area contributed by atoms with Gasteiger partial charge in [-0.1, -0.05) is 17.7 Å². The molecule has 0 aromatic carbocycles. The molecule has 10 heavy (non-hydrogen) atoms. The first kappa shape index (κ1) is 7.22. The molecule has 0 saturated carbocycles. The fourth-order valence-electron chi connectivity index (χ4n) is 0.645. The zero-order chi connectivity index (χ0) is 7.40. The third-order valence-corrected chi connectivity index (χ3v) is 1.35. The van der Waals surface area contributed by atoms with Crippen molar-refractivity contribution in [3.63, 3.8) is 0 Å². The van der Waals surface area contributed by atoms with Crippen molar-refractivity contribution in [1.29, 1.82) is 5.41 Å². The molecule has 0 saturated heterocycles. The van der Waals surface area contributed by atoms with Crippen LogP contribution in [0.3, 0.4) is 0 Å². The summed E-state index contributed by atoms with van der Waals surface area (Å²) < 4.78 is 0. The van der Waals surface area contributed by atoms with Gasteiger partial charge >= 0.3 is 0 Å². The maximum Gasteiger partial charge on any atom is 0.129 e. The Bertz CT molecular complexity index is 218. The third-order valence-electron chi connectivity index (χ3n) is 1.13. The highest BCUT2D eigenvalue weighted by Gasteiger charge is 1.89. The van der Waals surface area contributed by atoms with Crippen LogP contribution < -0.4 is 0 Å². The van der Waals surface area contributed by atoms with E-state index in [1.165, 1.54) is 6.21 Å². The van der Waals surface area contributed by atoms with E-state index in [-0.39, 0.29) is 0 Å². The third kappa shape index (κ3) is 1.81. The second-order valence-electron chi connectivity index (χ2n) is 1.90. The number of nitrogens with one attached hydrogen (secondary N) is 1. The number of aromatic nitrogens is 1. The van der Waals surface area contributed by atoms with Crippen molar-refractivity contribution in [3.8, 4) is 0 Å². The van der Waals surface area contributed by atoms with Crippen LogP contribution in [-0.2, 0) is 6.42 Å². The van der Waals surface area contributed by atoms with Crippen LogP contribution >= 0.6 is 11.6 Å². The molecule has 3 heteroatoms. The molecule has 0 radical (unpaired) electrons. The number of hydrogen-bond donors (Lipinski definition) is 1. The fraction of sp³-hybridized carbons (Fsp3) is 0.143. The minimum atomic E-state index is 0.494. The van der Waals surface area contributed by atoms with Crippen LogP contribution in [0.25, 0.3) is 0 Å². The van der Waals surface area contributed by atoms with E-state index in [0.717, 1.165) is 5.56 Å². The van der Waals surface area contributed by atoms with Crippen LogP contribution in [0.2, 0.25) is 5.15 Å². The summed E-state index contributed by atoms with van der Waals surface area (Å²) in [6.07, 6.45) is 3.64. The first-order valence-electron chi connectivity index (χ1n) is 2.92. The molecule has 1 aromatic rings. The molecular weight excluding hydrogens is 148 g/mol. The summed E-state index contributed by atoms with van der Waals surface area (Å²) in [5.41, 5.74) is 1.01. The molecule has 0 fully saturated rings. The number of rotatable bonds is 2. The number of nitrogens with zero attached hydrogens (tertiary/aromatic N) is 1. The molecule has 52 valence electrons. The van der Waals surface area contributed by atoms with Crippen molar-refractivity contribution in [2.45, 2.75) is 6.42 Å². The number of pyridine rings is 1. The lowest BCUT2D eigenvalue weighted by Crippen LogP contribution is -1.85. The lowest BCUT2D eigenvalue weighted by Gasteiger charge is -1.92. The highest BCUT2D eigenvalue weighted by molar-refractivity contribution is 6.29. The minimum absolute atomic E-state index is 0.494. The molecule has 1 N–H and O–H groups in total. The second-order valence-corrected chi connectivity index (χ2v) is 2.28. The smallest absolute Gasteiger partial charge is 0.129 e.